The highest BCUT2D eigenvalue weighted by Gasteiger charge is 2.61. The van der Waals surface area contributed by atoms with E-state index in [0.29, 0.717) is 12.5 Å². The van der Waals surface area contributed by atoms with Crippen molar-refractivity contribution in [3.8, 4) is 0 Å². The number of ether oxygens (including phenoxy) is 1. The molecule has 0 rings (SSSR count). The lowest BCUT2D eigenvalue weighted by Gasteiger charge is -2.24. The van der Waals surface area contributed by atoms with Crippen molar-refractivity contribution in [1.29, 1.82) is 0 Å². The van der Waals surface area contributed by atoms with Crippen LogP contribution in [0.1, 0.15) is 6.42 Å². The van der Waals surface area contributed by atoms with Crippen LogP contribution in [0.2, 0.25) is 6.04 Å². The van der Waals surface area contributed by atoms with E-state index in [4.69, 9.17) is 18.0 Å². The van der Waals surface area contributed by atoms with Crippen LogP contribution in [0.15, 0.2) is 0 Å². The molecule has 0 aromatic heterocycles. The second kappa shape index (κ2) is 9.55. The molecule has 13 heteroatoms. The molecule has 24 heavy (non-hydrogen) atoms. The maximum atomic E-state index is 12.3. The third-order valence-electron chi connectivity index (χ3n) is 2.97. The van der Waals surface area contributed by atoms with E-state index >= 15 is 0 Å². The topological polar surface area (TPSA) is 66.0 Å². The van der Waals surface area contributed by atoms with Gasteiger partial charge in [-0.05, 0) is 6.42 Å². The van der Waals surface area contributed by atoms with E-state index in [1.54, 1.807) is 0 Å². The highest BCUT2D eigenvalue weighted by atomic mass is 28.4. The van der Waals surface area contributed by atoms with Crippen molar-refractivity contribution in [1.82, 2.24) is 5.32 Å². The summed E-state index contributed by atoms with van der Waals surface area (Å²) in [4.78, 5) is 11.1. The maximum Gasteiger partial charge on any atom is 0.500 e. The van der Waals surface area contributed by atoms with E-state index in [9.17, 15) is 31.1 Å². The zero-order valence-corrected chi connectivity index (χ0v) is 14.2. The average molecular weight is 387 g/mol. The summed E-state index contributed by atoms with van der Waals surface area (Å²) in [5, 5.41) is 1.45. The van der Waals surface area contributed by atoms with Crippen LogP contribution in [0.4, 0.5) is 26.3 Å². The Bertz CT molecular complexity index is 366. The minimum absolute atomic E-state index is 0.0478. The van der Waals surface area contributed by atoms with Crippen LogP contribution in [0.3, 0.4) is 0 Å². The average Bonchev–Trinajstić information content (AvgIpc) is 2.44. The van der Waals surface area contributed by atoms with E-state index in [1.165, 1.54) is 26.6 Å². The molecule has 0 saturated carbocycles. The summed E-state index contributed by atoms with van der Waals surface area (Å²) in [6, 6.07) is 0.318. The standard InChI is InChI=1S/C11H19F6NO5Si/c1-20-24(21-2,22-3)6-4-5-23-7-18-9(19)8(10(12,13)14)11(15,16)17/h8H,4-7H2,1-3H3,(H,18,19). The lowest BCUT2D eigenvalue weighted by molar-refractivity contribution is -0.274. The Kier molecular flexibility index (Phi) is 9.20. The molecule has 144 valence electrons. The van der Waals surface area contributed by atoms with Gasteiger partial charge in [0.2, 0.25) is 11.8 Å². The molecule has 1 amide bonds. The first-order chi connectivity index (χ1) is 10.9. The molecule has 0 aliphatic heterocycles. The predicted molar refractivity (Wildman–Crippen MR) is 70.8 cm³/mol. The van der Waals surface area contributed by atoms with Crippen LogP contribution in [0, 0.1) is 5.92 Å². The highest BCUT2D eigenvalue weighted by molar-refractivity contribution is 6.60. The van der Waals surface area contributed by atoms with Crippen LogP contribution in [-0.4, -0.2) is 61.7 Å². The van der Waals surface area contributed by atoms with Gasteiger partial charge < -0.3 is 23.3 Å². The molecule has 0 radical (unpaired) electrons. The number of alkyl halides is 6. The molecular weight excluding hydrogens is 368 g/mol. The van der Waals surface area contributed by atoms with Crippen molar-refractivity contribution in [3.63, 3.8) is 0 Å². The van der Waals surface area contributed by atoms with E-state index in [0.717, 1.165) is 0 Å². The molecule has 0 unspecified atom stereocenters. The second-order valence-corrected chi connectivity index (χ2v) is 7.60. The van der Waals surface area contributed by atoms with Crippen molar-refractivity contribution in [2.75, 3.05) is 34.7 Å². The summed E-state index contributed by atoms with van der Waals surface area (Å²) >= 11 is 0. The van der Waals surface area contributed by atoms with E-state index in [2.05, 4.69) is 0 Å². The number of nitrogens with one attached hydrogen (secondary N) is 1. The molecule has 0 aliphatic carbocycles. The minimum atomic E-state index is -5.73. The number of hydrogen-bond donors (Lipinski definition) is 1. The van der Waals surface area contributed by atoms with Gasteiger partial charge >= 0.3 is 21.2 Å². The third-order valence-corrected chi connectivity index (χ3v) is 5.80. The summed E-state index contributed by atoms with van der Waals surface area (Å²) in [5.41, 5.74) is 0. The maximum absolute atomic E-state index is 12.3. The molecular formula is C11H19F6NO5Si. The van der Waals surface area contributed by atoms with Crippen LogP contribution in [-0.2, 0) is 22.8 Å². The molecule has 0 fully saturated rings. The molecule has 0 atom stereocenters. The Hall–Kier alpha value is -0.893. The Morgan fingerprint density at radius 1 is 1.00 bits per heavy atom. The molecule has 0 spiro atoms. The van der Waals surface area contributed by atoms with Gasteiger partial charge in [-0.3, -0.25) is 4.79 Å². The van der Waals surface area contributed by atoms with Gasteiger partial charge in [0.1, 0.15) is 6.73 Å². The van der Waals surface area contributed by atoms with Gasteiger partial charge in [-0.15, -0.1) is 0 Å². The Balaban J connectivity index is 4.26. The quantitative estimate of drug-likeness (QED) is 0.269. The predicted octanol–water partition coefficient (Wildman–Crippen LogP) is 2.09. The molecule has 0 heterocycles. The van der Waals surface area contributed by atoms with Crippen molar-refractivity contribution in [2.45, 2.75) is 24.8 Å². The van der Waals surface area contributed by atoms with Gasteiger partial charge in [-0.1, -0.05) is 0 Å². The Morgan fingerprint density at radius 2 is 1.46 bits per heavy atom. The first-order valence-corrected chi connectivity index (χ1v) is 8.51. The number of carbonyl (C=O) groups is 1. The van der Waals surface area contributed by atoms with Crippen LogP contribution in [0.25, 0.3) is 0 Å². The minimum Gasteiger partial charge on any atom is -0.377 e. The molecule has 0 aromatic rings. The Labute approximate surface area is 135 Å². The normalized spacial score (nSPS) is 13.4. The second-order valence-electron chi connectivity index (χ2n) is 4.51. The van der Waals surface area contributed by atoms with E-state index in [-0.39, 0.29) is 6.61 Å². The molecule has 0 aromatic carbocycles. The van der Waals surface area contributed by atoms with Crippen molar-refractivity contribution < 1.29 is 49.2 Å². The molecule has 0 aliphatic rings. The number of hydrogen-bond acceptors (Lipinski definition) is 5. The summed E-state index contributed by atoms with van der Waals surface area (Å²) in [6.07, 6.45) is -11.2. The lowest BCUT2D eigenvalue weighted by atomic mass is 10.1. The van der Waals surface area contributed by atoms with Crippen molar-refractivity contribution in [2.24, 2.45) is 5.92 Å². The van der Waals surface area contributed by atoms with Crippen LogP contribution < -0.4 is 5.32 Å². The lowest BCUT2D eigenvalue weighted by Crippen LogP contribution is -2.48. The van der Waals surface area contributed by atoms with Gasteiger partial charge in [0, 0.05) is 34.0 Å². The molecule has 6 nitrogen and oxygen atoms in total. The summed E-state index contributed by atoms with van der Waals surface area (Å²) < 4.78 is 93.8. The summed E-state index contributed by atoms with van der Waals surface area (Å²) in [5.74, 6) is -6.31. The Morgan fingerprint density at radius 3 is 1.83 bits per heavy atom. The molecule has 0 bridgehead atoms. The van der Waals surface area contributed by atoms with Gasteiger partial charge in [-0.2, -0.15) is 26.3 Å². The highest BCUT2D eigenvalue weighted by Crippen LogP contribution is 2.39. The SMILES string of the molecule is CO[Si](CCCOCNC(=O)C(C(F)(F)F)C(F)(F)F)(OC)OC. The van der Waals surface area contributed by atoms with Gasteiger partial charge in [0.25, 0.3) is 0 Å². The fraction of sp³-hybridized carbons (Fsp3) is 0.909. The van der Waals surface area contributed by atoms with Crippen molar-refractivity contribution >= 4 is 14.7 Å². The van der Waals surface area contributed by atoms with Crippen LogP contribution in [0.5, 0.6) is 0 Å². The van der Waals surface area contributed by atoms with Crippen LogP contribution >= 0.6 is 0 Å². The van der Waals surface area contributed by atoms with Gasteiger partial charge in [-0.25, -0.2) is 0 Å². The third kappa shape index (κ3) is 7.34. The largest absolute Gasteiger partial charge is 0.500 e. The molecule has 1 N–H and O–H groups in total. The zero-order valence-electron chi connectivity index (χ0n) is 13.2. The number of carbonyl (C=O) groups excluding carboxylic acids is 1. The number of rotatable bonds is 10. The fourth-order valence-electron chi connectivity index (χ4n) is 1.73. The summed E-state index contributed by atoms with van der Waals surface area (Å²) in [7, 11) is 1.32. The van der Waals surface area contributed by atoms with E-state index in [1.807, 2.05) is 0 Å². The number of amides is 1. The smallest absolute Gasteiger partial charge is 0.377 e. The van der Waals surface area contributed by atoms with Crippen molar-refractivity contribution in [3.05, 3.63) is 0 Å². The monoisotopic (exact) mass is 387 g/mol. The zero-order chi connectivity index (χ0) is 19.0. The van der Waals surface area contributed by atoms with Gasteiger partial charge in [0.15, 0.2) is 0 Å². The molecule has 0 saturated heterocycles. The number of halogens is 6. The fourth-order valence-corrected chi connectivity index (χ4v) is 3.42. The van der Waals surface area contributed by atoms with E-state index < -0.39 is 39.7 Å². The summed E-state index contributed by atoms with van der Waals surface area (Å²) in [6.45, 7) is -0.837. The first-order valence-electron chi connectivity index (χ1n) is 6.58. The first kappa shape index (κ1) is 23.1. The van der Waals surface area contributed by atoms with Gasteiger partial charge in [0.05, 0.1) is 0 Å².